The lowest BCUT2D eigenvalue weighted by atomic mass is 9.99. The first-order valence-corrected chi connectivity index (χ1v) is 10.1. The zero-order valence-corrected chi connectivity index (χ0v) is 17.0. The maximum atomic E-state index is 13.2. The lowest BCUT2D eigenvalue weighted by molar-refractivity contribution is 0.103. The van der Waals surface area contributed by atoms with E-state index < -0.39 is 9.84 Å². The fraction of sp³-hybridized carbons (Fsp3) is 0.333. The number of benzene rings is 1. The Kier molecular flexibility index (Phi) is 5.63. The first kappa shape index (κ1) is 20.2. The van der Waals surface area contributed by atoms with Crippen LogP contribution in [0.25, 0.3) is 0 Å². The van der Waals surface area contributed by atoms with Crippen molar-refractivity contribution in [3.8, 4) is 5.88 Å². The second-order valence-corrected chi connectivity index (χ2v) is 8.43. The van der Waals surface area contributed by atoms with E-state index in [1.165, 1.54) is 10.7 Å². The maximum absolute atomic E-state index is 13.2. The third-order valence-electron chi connectivity index (χ3n) is 3.98. The Balaban J connectivity index is 2.68. The van der Waals surface area contributed by atoms with Crippen LogP contribution in [0.4, 0.5) is 0 Å². The Morgan fingerprint density at radius 3 is 2.54 bits per heavy atom. The quantitative estimate of drug-likeness (QED) is 0.553. The van der Waals surface area contributed by atoms with E-state index in [2.05, 4.69) is 11.7 Å². The fourth-order valence-corrected chi connectivity index (χ4v) is 4.61. The number of hydrogen-bond donors (Lipinski definition) is 0. The molecule has 0 radical (unpaired) electrons. The van der Waals surface area contributed by atoms with Gasteiger partial charge in [0.1, 0.15) is 12.2 Å². The summed E-state index contributed by atoms with van der Waals surface area (Å²) in [4.78, 5) is 13.3. The molecule has 0 aliphatic rings. The summed E-state index contributed by atoms with van der Waals surface area (Å²) in [6, 6.07) is 1.50. The van der Waals surface area contributed by atoms with Crippen molar-refractivity contribution in [2.75, 3.05) is 12.9 Å². The van der Waals surface area contributed by atoms with E-state index in [1.54, 1.807) is 33.9 Å². The molecule has 0 aliphatic carbocycles. The molecule has 2 aromatic rings. The highest BCUT2D eigenvalue weighted by atomic mass is 35.5. The van der Waals surface area contributed by atoms with Crippen molar-refractivity contribution in [2.24, 2.45) is 7.05 Å². The van der Waals surface area contributed by atoms with Gasteiger partial charge in [0.25, 0.3) is 0 Å². The van der Waals surface area contributed by atoms with Crippen LogP contribution in [0.2, 0.25) is 5.02 Å². The Morgan fingerprint density at radius 2 is 2.00 bits per heavy atom. The maximum Gasteiger partial charge on any atom is 0.223 e. The van der Waals surface area contributed by atoms with Crippen LogP contribution in [0.5, 0.6) is 5.88 Å². The molecule has 0 amide bonds. The van der Waals surface area contributed by atoms with Crippen LogP contribution in [0, 0.1) is 20.8 Å². The van der Waals surface area contributed by atoms with E-state index in [0.29, 0.717) is 28.3 Å². The van der Waals surface area contributed by atoms with Gasteiger partial charge in [-0.15, -0.1) is 0 Å². The minimum absolute atomic E-state index is 0.110. The minimum Gasteiger partial charge on any atom is -0.473 e. The van der Waals surface area contributed by atoms with E-state index in [4.69, 9.17) is 16.3 Å². The van der Waals surface area contributed by atoms with Gasteiger partial charge >= 0.3 is 0 Å². The first-order chi connectivity index (χ1) is 12.0. The van der Waals surface area contributed by atoms with Crippen LogP contribution in [0.3, 0.4) is 0 Å². The normalized spacial score (nSPS) is 11.5. The minimum atomic E-state index is -3.47. The SMILES string of the molecule is C=CCOc1c(C(=O)c2cc(C)c(S(C)(=O)=O)c(C)c2Cl)c(C)nn1C. The molecule has 2 rings (SSSR count). The molecule has 1 aromatic heterocycles. The largest absolute Gasteiger partial charge is 0.473 e. The third kappa shape index (κ3) is 3.54. The molecule has 0 saturated heterocycles. The second-order valence-electron chi connectivity index (χ2n) is 6.10. The third-order valence-corrected chi connectivity index (χ3v) is 5.83. The fourth-order valence-electron chi connectivity index (χ4n) is 3.02. The van der Waals surface area contributed by atoms with Gasteiger partial charge in [-0.3, -0.25) is 4.79 Å². The zero-order chi connectivity index (χ0) is 19.8. The standard InChI is InChI=1S/C18H21ClN2O4S/c1-7-8-25-18-14(12(4)20-21(18)5)16(22)13-9-10(2)17(26(6,23)24)11(3)15(13)19/h7,9H,1,8H2,2-6H3. The van der Waals surface area contributed by atoms with Crippen molar-refractivity contribution in [3.63, 3.8) is 0 Å². The van der Waals surface area contributed by atoms with Crippen LogP contribution < -0.4 is 4.74 Å². The number of rotatable bonds is 6. The van der Waals surface area contributed by atoms with Gasteiger partial charge in [-0.25, -0.2) is 13.1 Å². The second kappa shape index (κ2) is 7.25. The lowest BCUT2D eigenvalue weighted by Crippen LogP contribution is -2.11. The number of aryl methyl sites for hydroxylation is 3. The van der Waals surface area contributed by atoms with Crippen LogP contribution in [-0.4, -0.2) is 36.8 Å². The molecule has 0 bridgehead atoms. The molecular weight excluding hydrogens is 376 g/mol. The van der Waals surface area contributed by atoms with Gasteiger partial charge in [-0.2, -0.15) is 5.10 Å². The van der Waals surface area contributed by atoms with Gasteiger partial charge in [0.05, 0.1) is 15.6 Å². The van der Waals surface area contributed by atoms with E-state index >= 15 is 0 Å². The number of nitrogens with zero attached hydrogens (tertiary/aromatic N) is 2. The molecule has 1 aromatic carbocycles. The van der Waals surface area contributed by atoms with Gasteiger partial charge in [0.2, 0.25) is 11.7 Å². The van der Waals surface area contributed by atoms with Crippen molar-refractivity contribution in [1.29, 1.82) is 0 Å². The molecule has 8 heteroatoms. The first-order valence-electron chi connectivity index (χ1n) is 7.82. The number of ether oxygens (including phenoxy) is 1. The van der Waals surface area contributed by atoms with E-state index in [-0.39, 0.29) is 27.9 Å². The summed E-state index contributed by atoms with van der Waals surface area (Å²) in [5.41, 5.74) is 1.83. The Morgan fingerprint density at radius 1 is 1.38 bits per heavy atom. The number of aromatic nitrogens is 2. The van der Waals surface area contributed by atoms with Gasteiger partial charge < -0.3 is 4.74 Å². The molecule has 0 aliphatic heterocycles. The predicted molar refractivity (Wildman–Crippen MR) is 101 cm³/mol. The average molecular weight is 397 g/mol. The van der Waals surface area contributed by atoms with Crippen molar-refractivity contribution < 1.29 is 17.9 Å². The summed E-state index contributed by atoms with van der Waals surface area (Å²) in [5, 5.41) is 4.35. The molecule has 26 heavy (non-hydrogen) atoms. The molecular formula is C18H21ClN2O4S. The molecule has 1 heterocycles. The highest BCUT2D eigenvalue weighted by Gasteiger charge is 2.27. The molecule has 0 unspecified atom stereocenters. The Labute approximate surface area is 158 Å². The average Bonchev–Trinajstić information content (AvgIpc) is 2.80. The molecule has 0 saturated carbocycles. The summed E-state index contributed by atoms with van der Waals surface area (Å²) in [6.45, 7) is 8.75. The number of ketones is 1. The summed E-state index contributed by atoms with van der Waals surface area (Å²) in [5.74, 6) is -0.0584. The van der Waals surface area contributed by atoms with Crippen LogP contribution >= 0.6 is 11.6 Å². The summed E-state index contributed by atoms with van der Waals surface area (Å²) >= 11 is 6.37. The topological polar surface area (TPSA) is 78.3 Å². The highest BCUT2D eigenvalue weighted by Crippen LogP contribution is 2.34. The number of halogens is 1. The van der Waals surface area contributed by atoms with Crippen molar-refractivity contribution in [3.05, 3.63) is 51.7 Å². The number of hydrogen-bond acceptors (Lipinski definition) is 5. The Bertz CT molecular complexity index is 1010. The molecule has 0 spiro atoms. The van der Waals surface area contributed by atoms with Crippen LogP contribution in [-0.2, 0) is 16.9 Å². The molecule has 0 N–H and O–H groups in total. The smallest absolute Gasteiger partial charge is 0.223 e. The van der Waals surface area contributed by atoms with E-state index in [1.807, 2.05) is 0 Å². The van der Waals surface area contributed by atoms with Gasteiger partial charge in [0, 0.05) is 18.9 Å². The van der Waals surface area contributed by atoms with E-state index in [0.717, 1.165) is 6.26 Å². The van der Waals surface area contributed by atoms with Crippen molar-refractivity contribution in [2.45, 2.75) is 25.7 Å². The molecule has 140 valence electrons. The van der Waals surface area contributed by atoms with Crippen molar-refractivity contribution >= 4 is 27.2 Å². The number of sulfone groups is 1. The Hall–Kier alpha value is -2.12. The highest BCUT2D eigenvalue weighted by molar-refractivity contribution is 7.90. The van der Waals surface area contributed by atoms with Gasteiger partial charge in [-0.1, -0.05) is 24.3 Å². The van der Waals surface area contributed by atoms with Crippen LogP contribution in [0.15, 0.2) is 23.6 Å². The van der Waals surface area contributed by atoms with Gasteiger partial charge in [-0.05, 0) is 38.0 Å². The monoisotopic (exact) mass is 396 g/mol. The van der Waals surface area contributed by atoms with E-state index in [9.17, 15) is 13.2 Å². The molecule has 6 nitrogen and oxygen atoms in total. The lowest BCUT2D eigenvalue weighted by Gasteiger charge is -2.14. The number of carbonyl (C=O) groups excluding carboxylic acids is 1. The van der Waals surface area contributed by atoms with Crippen molar-refractivity contribution in [1.82, 2.24) is 9.78 Å². The zero-order valence-electron chi connectivity index (χ0n) is 15.4. The van der Waals surface area contributed by atoms with Gasteiger partial charge in [0.15, 0.2) is 9.84 Å². The number of carbonyl (C=O) groups is 1. The molecule has 0 atom stereocenters. The molecule has 0 fully saturated rings. The summed E-state index contributed by atoms with van der Waals surface area (Å²) in [6.07, 6.45) is 2.69. The van der Waals surface area contributed by atoms with Crippen LogP contribution in [0.1, 0.15) is 32.7 Å². The summed E-state index contributed by atoms with van der Waals surface area (Å²) in [7, 11) is -1.79. The predicted octanol–water partition coefficient (Wildman–Crippen LogP) is 3.20. The summed E-state index contributed by atoms with van der Waals surface area (Å²) < 4.78 is 31.1.